The maximum absolute atomic E-state index is 10.9. The number of phenolic OH excluding ortho intramolecular Hbond substituents is 1. The van der Waals surface area contributed by atoms with E-state index in [9.17, 15) is 9.90 Å². The Hall–Kier alpha value is -1.03. The van der Waals surface area contributed by atoms with E-state index in [1.165, 1.54) is 0 Å². The first kappa shape index (κ1) is 12.4. The van der Waals surface area contributed by atoms with Gasteiger partial charge in [-0.15, -0.1) is 0 Å². The minimum atomic E-state index is -0.807. The molecular weight excluding hydrogens is 284 g/mol. The molecule has 1 aromatic rings. The van der Waals surface area contributed by atoms with Crippen molar-refractivity contribution < 1.29 is 15.0 Å². The molecule has 92 valence electrons. The smallest absolute Gasteiger partial charge is 0.303 e. The Morgan fingerprint density at radius 3 is 2.71 bits per heavy atom. The molecule has 1 aromatic carbocycles. The molecule has 3 nitrogen and oxygen atoms in total. The summed E-state index contributed by atoms with van der Waals surface area (Å²) in [7, 11) is 0. The molecule has 1 atom stereocenters. The number of benzene rings is 1. The summed E-state index contributed by atoms with van der Waals surface area (Å²) < 4.78 is 0.672. The van der Waals surface area contributed by atoms with Crippen molar-refractivity contribution in [2.75, 3.05) is 0 Å². The van der Waals surface area contributed by atoms with E-state index in [4.69, 9.17) is 5.11 Å². The van der Waals surface area contributed by atoms with Gasteiger partial charge in [-0.25, -0.2) is 0 Å². The largest absolute Gasteiger partial charge is 0.506 e. The Labute approximate surface area is 109 Å². The Bertz CT molecular complexity index is 452. The van der Waals surface area contributed by atoms with Crippen LogP contribution in [0.4, 0.5) is 0 Å². The van der Waals surface area contributed by atoms with Gasteiger partial charge in [0.25, 0.3) is 0 Å². The van der Waals surface area contributed by atoms with Crippen LogP contribution in [0.15, 0.2) is 16.6 Å². The Balaban J connectivity index is 2.35. The molecule has 0 aliphatic heterocycles. The van der Waals surface area contributed by atoms with Gasteiger partial charge in [0.05, 0.1) is 10.9 Å². The molecule has 1 aliphatic carbocycles. The number of hydrogen-bond donors (Lipinski definition) is 2. The van der Waals surface area contributed by atoms with Crippen molar-refractivity contribution in [3.8, 4) is 5.75 Å². The van der Waals surface area contributed by atoms with E-state index in [0.29, 0.717) is 10.4 Å². The fourth-order valence-corrected chi connectivity index (χ4v) is 2.56. The van der Waals surface area contributed by atoms with Gasteiger partial charge in [0.1, 0.15) is 5.75 Å². The standard InChI is InChI=1S/C13H15BrO3/c1-7-2-5-9(13(17)12(7)14)10(6-11(15)16)8-3-4-8/h2,5,8,10,17H,3-4,6H2,1H3,(H,15,16). The van der Waals surface area contributed by atoms with Crippen LogP contribution < -0.4 is 0 Å². The molecular formula is C13H15BrO3. The second-order valence-electron chi connectivity index (χ2n) is 4.68. The molecule has 2 N–H and O–H groups in total. The van der Waals surface area contributed by atoms with Crippen LogP contribution in [0.2, 0.25) is 0 Å². The average molecular weight is 299 g/mol. The molecule has 1 unspecified atom stereocenters. The summed E-state index contributed by atoms with van der Waals surface area (Å²) in [6.07, 6.45) is 2.21. The molecule has 0 aromatic heterocycles. The second-order valence-corrected chi connectivity index (χ2v) is 5.47. The van der Waals surface area contributed by atoms with E-state index in [-0.39, 0.29) is 18.1 Å². The maximum Gasteiger partial charge on any atom is 0.303 e. The molecule has 1 fully saturated rings. The fourth-order valence-electron chi connectivity index (χ4n) is 2.20. The zero-order valence-corrected chi connectivity index (χ0v) is 11.2. The van der Waals surface area contributed by atoms with Gasteiger partial charge in [-0.1, -0.05) is 12.1 Å². The SMILES string of the molecule is Cc1ccc(C(CC(=O)O)C2CC2)c(O)c1Br. The highest BCUT2D eigenvalue weighted by atomic mass is 79.9. The topological polar surface area (TPSA) is 57.5 Å². The van der Waals surface area contributed by atoms with Gasteiger partial charge in [0.2, 0.25) is 0 Å². The molecule has 0 amide bonds. The number of aliphatic carboxylic acids is 1. The van der Waals surface area contributed by atoms with Crippen LogP contribution in [0.5, 0.6) is 5.75 Å². The zero-order valence-electron chi connectivity index (χ0n) is 9.61. The predicted octanol–water partition coefficient (Wildman–Crippen LogP) is 3.43. The highest BCUT2D eigenvalue weighted by Crippen LogP contribution is 2.48. The lowest BCUT2D eigenvalue weighted by Gasteiger charge is -2.17. The van der Waals surface area contributed by atoms with Crippen LogP contribution in [0.1, 0.15) is 36.3 Å². The van der Waals surface area contributed by atoms with Crippen LogP contribution in [-0.2, 0) is 4.79 Å². The molecule has 17 heavy (non-hydrogen) atoms. The number of hydrogen-bond acceptors (Lipinski definition) is 2. The fraction of sp³-hybridized carbons (Fsp3) is 0.462. The lowest BCUT2D eigenvalue weighted by Crippen LogP contribution is -2.09. The average Bonchev–Trinajstić information content (AvgIpc) is 3.07. The molecule has 0 radical (unpaired) electrons. The summed E-state index contributed by atoms with van der Waals surface area (Å²) in [6, 6.07) is 3.76. The minimum Gasteiger partial charge on any atom is -0.506 e. The van der Waals surface area contributed by atoms with Crippen molar-refractivity contribution >= 4 is 21.9 Å². The summed E-state index contributed by atoms with van der Waals surface area (Å²) in [6.45, 7) is 1.90. The van der Waals surface area contributed by atoms with Crippen LogP contribution in [0.3, 0.4) is 0 Å². The van der Waals surface area contributed by atoms with Crippen molar-refractivity contribution in [3.05, 3.63) is 27.7 Å². The van der Waals surface area contributed by atoms with Gasteiger partial charge in [-0.2, -0.15) is 0 Å². The van der Waals surface area contributed by atoms with E-state index in [2.05, 4.69) is 15.9 Å². The van der Waals surface area contributed by atoms with E-state index >= 15 is 0 Å². The number of carboxylic acid groups (broad SMARTS) is 1. The lowest BCUT2D eigenvalue weighted by atomic mass is 9.90. The summed E-state index contributed by atoms with van der Waals surface area (Å²) in [5, 5.41) is 19.0. The number of aryl methyl sites for hydroxylation is 1. The Morgan fingerprint density at radius 2 is 2.18 bits per heavy atom. The van der Waals surface area contributed by atoms with Gasteiger partial charge in [-0.05, 0) is 52.7 Å². The second kappa shape index (κ2) is 4.69. The van der Waals surface area contributed by atoms with E-state index in [1.54, 1.807) is 0 Å². The first-order chi connectivity index (χ1) is 8.00. The van der Waals surface area contributed by atoms with Crippen molar-refractivity contribution in [1.82, 2.24) is 0 Å². The highest BCUT2D eigenvalue weighted by molar-refractivity contribution is 9.10. The van der Waals surface area contributed by atoms with Gasteiger partial charge in [0.15, 0.2) is 0 Å². The number of carboxylic acids is 1. The summed E-state index contributed by atoms with van der Waals surface area (Å²) in [5.41, 5.74) is 1.71. The molecule has 4 heteroatoms. The van der Waals surface area contributed by atoms with Gasteiger partial charge in [0, 0.05) is 5.92 Å². The Kier molecular flexibility index (Phi) is 3.43. The highest BCUT2D eigenvalue weighted by Gasteiger charge is 2.35. The molecule has 0 bridgehead atoms. The van der Waals surface area contributed by atoms with E-state index in [1.807, 2.05) is 19.1 Å². The first-order valence-corrected chi connectivity index (χ1v) is 6.49. The van der Waals surface area contributed by atoms with Crippen molar-refractivity contribution in [3.63, 3.8) is 0 Å². The molecule has 0 spiro atoms. The van der Waals surface area contributed by atoms with Gasteiger partial charge in [-0.3, -0.25) is 4.79 Å². The number of aromatic hydroxyl groups is 1. The molecule has 1 saturated carbocycles. The molecule has 2 rings (SSSR count). The number of halogens is 1. The molecule has 1 aliphatic rings. The normalized spacial score (nSPS) is 16.8. The maximum atomic E-state index is 10.9. The van der Waals surface area contributed by atoms with E-state index < -0.39 is 5.97 Å². The third-order valence-electron chi connectivity index (χ3n) is 3.33. The zero-order chi connectivity index (χ0) is 12.6. The molecule has 0 heterocycles. The number of carbonyl (C=O) groups is 1. The van der Waals surface area contributed by atoms with Gasteiger partial charge < -0.3 is 10.2 Å². The van der Waals surface area contributed by atoms with Crippen molar-refractivity contribution in [1.29, 1.82) is 0 Å². The summed E-state index contributed by atoms with van der Waals surface area (Å²) in [4.78, 5) is 10.9. The first-order valence-electron chi connectivity index (χ1n) is 5.70. The van der Waals surface area contributed by atoms with Crippen LogP contribution >= 0.6 is 15.9 Å². The Morgan fingerprint density at radius 1 is 1.53 bits per heavy atom. The summed E-state index contributed by atoms with van der Waals surface area (Å²) >= 11 is 3.34. The third-order valence-corrected chi connectivity index (χ3v) is 4.33. The van der Waals surface area contributed by atoms with Crippen molar-refractivity contribution in [2.24, 2.45) is 5.92 Å². The van der Waals surface area contributed by atoms with Crippen molar-refractivity contribution in [2.45, 2.75) is 32.1 Å². The quantitative estimate of drug-likeness (QED) is 0.895. The summed E-state index contributed by atoms with van der Waals surface area (Å²) in [5.74, 6) is -0.267. The lowest BCUT2D eigenvalue weighted by molar-refractivity contribution is -0.137. The van der Waals surface area contributed by atoms with Crippen LogP contribution in [0.25, 0.3) is 0 Å². The monoisotopic (exact) mass is 298 g/mol. The van der Waals surface area contributed by atoms with Crippen LogP contribution in [-0.4, -0.2) is 16.2 Å². The predicted molar refractivity (Wildman–Crippen MR) is 68.3 cm³/mol. The minimum absolute atomic E-state index is 0.0654. The van der Waals surface area contributed by atoms with Crippen LogP contribution in [0, 0.1) is 12.8 Å². The third kappa shape index (κ3) is 2.63. The number of rotatable bonds is 4. The van der Waals surface area contributed by atoms with Gasteiger partial charge >= 0.3 is 5.97 Å². The molecule has 0 saturated heterocycles. The number of phenols is 1. The van der Waals surface area contributed by atoms with E-state index in [0.717, 1.165) is 24.0 Å².